The van der Waals surface area contributed by atoms with Crippen LogP contribution >= 0.6 is 0 Å². The number of nitrogens with zero attached hydrogens (tertiary/aromatic N) is 7. The fraction of sp³-hybridized carbons (Fsp3) is 0.0164. The number of fused-ring (bicyclic) bond motifs is 18. The van der Waals surface area contributed by atoms with Crippen LogP contribution in [-0.4, -0.2) is 23.7 Å². The number of pyridine rings is 2. The molecule has 0 fully saturated rings. The van der Waals surface area contributed by atoms with Crippen molar-refractivity contribution in [2.24, 2.45) is 0 Å². The molecule has 69 heavy (non-hydrogen) atoms. The Bertz CT molecular complexity index is 4470. The predicted molar refractivity (Wildman–Crippen MR) is 275 cm³/mol. The van der Waals surface area contributed by atoms with E-state index in [1.807, 2.05) is 42.7 Å². The SMILES string of the molecule is [C-]#[N+]c1ccc2c(c1)c1ccccc1n2-c1ccc2c(c1)Oc1cccc(-n3c4ccccc4c4cc([N+]#[C-])ccc43)c1C21c2cccnc2-c2ncc(-n3c4ccccc4c4ccccc43)cc21. The standard InChI is InChI=1S/C61H33N7O/c1-62-36-24-28-53-44(31-36)42-15-5-9-20-51(42)66(53)38-26-27-46-57(34-38)69-56-23-11-22-55(68-52-21-10-6-16-43(52)45-32-37(63-2)25-29-54(45)68)58(56)61(46)47-17-12-30-64-59(47)60-48(61)33-39(35-65-60)67-49-18-7-3-13-40(49)41-14-4-8-19-50(41)67/h3-35H. The van der Waals surface area contributed by atoms with Crippen LogP contribution in [0.1, 0.15) is 22.3 Å². The van der Waals surface area contributed by atoms with Gasteiger partial charge in [-0.15, -0.1) is 0 Å². The van der Waals surface area contributed by atoms with E-state index in [1.165, 1.54) is 10.8 Å². The third-order valence-corrected chi connectivity index (χ3v) is 14.6. The lowest BCUT2D eigenvalue weighted by Crippen LogP contribution is -2.34. The maximum Gasteiger partial charge on any atom is 0.188 e. The van der Waals surface area contributed by atoms with Gasteiger partial charge in [-0.2, -0.15) is 0 Å². The first-order valence-corrected chi connectivity index (χ1v) is 22.9. The second kappa shape index (κ2) is 13.6. The highest BCUT2D eigenvalue weighted by Crippen LogP contribution is 2.63. The van der Waals surface area contributed by atoms with E-state index < -0.39 is 5.41 Å². The van der Waals surface area contributed by atoms with Crippen molar-refractivity contribution in [1.82, 2.24) is 23.7 Å². The monoisotopic (exact) mass is 879 g/mol. The Morgan fingerprint density at radius 2 is 0.957 bits per heavy atom. The van der Waals surface area contributed by atoms with Gasteiger partial charge in [-0.25, -0.2) is 9.69 Å². The molecule has 0 radical (unpaired) electrons. The number of ether oxygens (including phenoxy) is 1. The molecular weight excluding hydrogens is 847 g/mol. The molecule has 6 heterocycles. The second-order valence-corrected chi connectivity index (χ2v) is 17.9. The van der Waals surface area contributed by atoms with Gasteiger partial charge in [-0.05, 0) is 95.2 Å². The van der Waals surface area contributed by atoms with Crippen molar-refractivity contribution >= 4 is 76.8 Å². The van der Waals surface area contributed by atoms with Crippen LogP contribution in [0.15, 0.2) is 200 Å². The maximum absolute atomic E-state index is 7.93. The minimum atomic E-state index is -0.988. The van der Waals surface area contributed by atoms with Gasteiger partial charge in [0, 0.05) is 56.2 Å². The molecule has 2 aliphatic rings. The van der Waals surface area contributed by atoms with Crippen LogP contribution in [0.25, 0.3) is 104 Å². The Hall–Kier alpha value is -9.76. The molecular formula is C61H33N7O. The number of rotatable bonds is 3. The number of para-hydroxylation sites is 4. The van der Waals surface area contributed by atoms with E-state index in [0.29, 0.717) is 11.4 Å². The molecule has 0 N–H and O–H groups in total. The van der Waals surface area contributed by atoms with Gasteiger partial charge in [0.05, 0.1) is 80.6 Å². The smallest absolute Gasteiger partial charge is 0.188 e. The van der Waals surface area contributed by atoms with E-state index in [0.717, 1.165) is 117 Å². The van der Waals surface area contributed by atoms with Crippen LogP contribution in [0.4, 0.5) is 11.4 Å². The lowest BCUT2D eigenvalue weighted by atomic mass is 9.65. The van der Waals surface area contributed by atoms with E-state index in [-0.39, 0.29) is 0 Å². The van der Waals surface area contributed by atoms with Gasteiger partial charge in [0.25, 0.3) is 0 Å². The summed E-state index contributed by atoms with van der Waals surface area (Å²) in [5.41, 5.74) is 14.9. The Balaban J connectivity index is 1.08. The van der Waals surface area contributed by atoms with Gasteiger partial charge < -0.3 is 18.4 Å². The number of hydrogen-bond donors (Lipinski definition) is 0. The molecule has 1 spiro atoms. The fourth-order valence-electron chi connectivity index (χ4n) is 11.9. The molecule has 1 atom stereocenters. The van der Waals surface area contributed by atoms with Gasteiger partial charge in [-0.3, -0.25) is 9.97 Å². The summed E-state index contributed by atoms with van der Waals surface area (Å²) in [5.74, 6) is 1.43. The Kier molecular flexibility index (Phi) is 7.41. The van der Waals surface area contributed by atoms with Gasteiger partial charge in [0.2, 0.25) is 0 Å². The van der Waals surface area contributed by atoms with Crippen molar-refractivity contribution in [2.75, 3.05) is 0 Å². The first kappa shape index (κ1) is 37.5. The quantitative estimate of drug-likeness (QED) is 0.166. The Morgan fingerprint density at radius 3 is 1.59 bits per heavy atom. The molecule has 8 nitrogen and oxygen atoms in total. The van der Waals surface area contributed by atoms with Gasteiger partial charge in [0.15, 0.2) is 11.4 Å². The summed E-state index contributed by atoms with van der Waals surface area (Å²) in [4.78, 5) is 18.2. The zero-order valence-electron chi connectivity index (χ0n) is 36.6. The number of aromatic nitrogens is 5. The Labute approximate surface area is 394 Å². The topological polar surface area (TPSA) is 58.5 Å². The summed E-state index contributed by atoms with van der Waals surface area (Å²) in [6, 6.07) is 65.5. The zero-order chi connectivity index (χ0) is 45.5. The molecule has 318 valence electrons. The normalized spacial score (nSPS) is 14.5. The highest BCUT2D eigenvalue weighted by Gasteiger charge is 2.54. The average Bonchev–Trinajstić information content (AvgIpc) is 4.12. The summed E-state index contributed by atoms with van der Waals surface area (Å²) in [6.07, 6.45) is 3.86. The van der Waals surface area contributed by atoms with Crippen molar-refractivity contribution in [1.29, 1.82) is 0 Å². The van der Waals surface area contributed by atoms with Crippen molar-refractivity contribution in [2.45, 2.75) is 5.41 Å². The maximum atomic E-state index is 7.93. The Morgan fingerprint density at radius 1 is 0.406 bits per heavy atom. The highest BCUT2D eigenvalue weighted by molar-refractivity contribution is 6.12. The van der Waals surface area contributed by atoms with Crippen LogP contribution < -0.4 is 4.74 Å². The molecule has 15 rings (SSSR count). The molecule has 0 saturated heterocycles. The third kappa shape index (κ3) is 4.83. The van der Waals surface area contributed by atoms with E-state index in [1.54, 1.807) is 0 Å². The molecule has 13 aromatic rings. The van der Waals surface area contributed by atoms with E-state index in [9.17, 15) is 0 Å². The summed E-state index contributed by atoms with van der Waals surface area (Å²) in [6.45, 7) is 15.7. The molecule has 8 heteroatoms. The minimum Gasteiger partial charge on any atom is -0.457 e. The first-order valence-electron chi connectivity index (χ1n) is 22.9. The van der Waals surface area contributed by atoms with Gasteiger partial charge in [0.1, 0.15) is 11.5 Å². The number of benzene rings is 8. The van der Waals surface area contributed by atoms with Crippen LogP contribution in [0, 0.1) is 13.1 Å². The molecule has 1 aliphatic carbocycles. The molecule has 8 aromatic carbocycles. The summed E-state index contributed by atoms with van der Waals surface area (Å²) < 4.78 is 14.3. The van der Waals surface area contributed by atoms with Crippen molar-refractivity contribution in [3.8, 4) is 39.9 Å². The third-order valence-electron chi connectivity index (χ3n) is 14.6. The summed E-state index contributed by atoms with van der Waals surface area (Å²) >= 11 is 0. The van der Waals surface area contributed by atoms with E-state index in [2.05, 4.69) is 181 Å². The zero-order valence-corrected chi connectivity index (χ0v) is 36.6. The predicted octanol–water partition coefficient (Wildman–Crippen LogP) is 15.3. The van der Waals surface area contributed by atoms with Crippen LogP contribution in [0.2, 0.25) is 0 Å². The molecule has 5 aromatic heterocycles. The fourth-order valence-corrected chi connectivity index (χ4v) is 11.9. The highest BCUT2D eigenvalue weighted by atomic mass is 16.5. The van der Waals surface area contributed by atoms with Gasteiger partial charge in [-0.1, -0.05) is 103 Å². The van der Waals surface area contributed by atoms with E-state index >= 15 is 0 Å². The minimum absolute atomic E-state index is 0.591. The van der Waals surface area contributed by atoms with Crippen LogP contribution in [-0.2, 0) is 5.41 Å². The molecule has 1 aliphatic heterocycles. The van der Waals surface area contributed by atoms with Crippen molar-refractivity contribution in [3.63, 3.8) is 0 Å². The van der Waals surface area contributed by atoms with Crippen LogP contribution in [0.5, 0.6) is 11.5 Å². The second-order valence-electron chi connectivity index (χ2n) is 17.9. The van der Waals surface area contributed by atoms with Gasteiger partial charge >= 0.3 is 0 Å². The molecule has 0 bridgehead atoms. The van der Waals surface area contributed by atoms with E-state index in [4.69, 9.17) is 27.8 Å². The largest absolute Gasteiger partial charge is 0.457 e. The summed E-state index contributed by atoms with van der Waals surface area (Å²) in [5, 5.41) is 6.51. The van der Waals surface area contributed by atoms with Crippen LogP contribution in [0.3, 0.4) is 0 Å². The molecule has 1 unspecified atom stereocenters. The lowest BCUT2D eigenvalue weighted by molar-refractivity contribution is 0.435. The van der Waals surface area contributed by atoms with Crippen molar-refractivity contribution in [3.05, 3.63) is 246 Å². The molecule has 0 saturated carbocycles. The summed E-state index contributed by atoms with van der Waals surface area (Å²) in [7, 11) is 0. The lowest BCUT2D eigenvalue weighted by Gasteiger charge is -2.40. The first-order chi connectivity index (χ1) is 34.1. The average molecular weight is 880 g/mol. The van der Waals surface area contributed by atoms with Crippen molar-refractivity contribution < 1.29 is 4.74 Å². The number of hydrogen-bond acceptors (Lipinski definition) is 3. The molecule has 0 amide bonds.